The van der Waals surface area contributed by atoms with Crippen LogP contribution in [0.15, 0.2) is 0 Å². The van der Waals surface area contributed by atoms with Crippen LogP contribution in [-0.2, 0) is 4.74 Å². The summed E-state index contributed by atoms with van der Waals surface area (Å²) in [4.78, 5) is 0. The standard InChI is InChI=1S/C14H29NO/c1-7-15-13(8-9(2)3)14-10(4)11(5)16-12(14)6/h9-15H,7-8H2,1-6H3. The van der Waals surface area contributed by atoms with Gasteiger partial charge < -0.3 is 10.1 Å². The van der Waals surface area contributed by atoms with Crippen LogP contribution in [0, 0.1) is 17.8 Å². The lowest BCUT2D eigenvalue weighted by Gasteiger charge is -2.31. The Morgan fingerprint density at radius 2 is 1.75 bits per heavy atom. The fourth-order valence-corrected chi connectivity index (χ4v) is 3.13. The number of ether oxygens (including phenoxy) is 1. The predicted octanol–water partition coefficient (Wildman–Crippen LogP) is 3.07. The van der Waals surface area contributed by atoms with Crippen LogP contribution in [0.3, 0.4) is 0 Å². The summed E-state index contributed by atoms with van der Waals surface area (Å²) in [5.74, 6) is 2.08. The van der Waals surface area contributed by atoms with Crippen molar-refractivity contribution in [3.63, 3.8) is 0 Å². The summed E-state index contributed by atoms with van der Waals surface area (Å²) in [6.45, 7) is 14.6. The Morgan fingerprint density at radius 1 is 1.12 bits per heavy atom. The molecule has 1 saturated heterocycles. The molecule has 1 N–H and O–H groups in total. The molecule has 0 bridgehead atoms. The van der Waals surface area contributed by atoms with E-state index in [1.165, 1.54) is 6.42 Å². The fraction of sp³-hybridized carbons (Fsp3) is 1.00. The van der Waals surface area contributed by atoms with Crippen molar-refractivity contribution in [2.45, 2.75) is 66.2 Å². The van der Waals surface area contributed by atoms with Gasteiger partial charge in [0.2, 0.25) is 0 Å². The van der Waals surface area contributed by atoms with Crippen molar-refractivity contribution in [2.75, 3.05) is 6.54 Å². The van der Waals surface area contributed by atoms with Crippen LogP contribution in [0.25, 0.3) is 0 Å². The van der Waals surface area contributed by atoms with Crippen LogP contribution >= 0.6 is 0 Å². The van der Waals surface area contributed by atoms with E-state index in [4.69, 9.17) is 4.74 Å². The van der Waals surface area contributed by atoms with E-state index in [2.05, 4.69) is 46.9 Å². The van der Waals surface area contributed by atoms with Gasteiger partial charge in [-0.25, -0.2) is 0 Å². The zero-order valence-corrected chi connectivity index (χ0v) is 11.8. The zero-order valence-electron chi connectivity index (χ0n) is 11.8. The van der Waals surface area contributed by atoms with Crippen molar-refractivity contribution >= 4 is 0 Å². The third kappa shape index (κ3) is 3.21. The fourth-order valence-electron chi connectivity index (χ4n) is 3.13. The van der Waals surface area contributed by atoms with E-state index < -0.39 is 0 Å². The Hall–Kier alpha value is -0.0800. The molecule has 16 heavy (non-hydrogen) atoms. The molecule has 0 spiro atoms. The Labute approximate surface area is 101 Å². The second-order valence-corrected chi connectivity index (χ2v) is 5.78. The molecule has 0 aromatic rings. The Balaban J connectivity index is 2.68. The van der Waals surface area contributed by atoms with E-state index in [1.54, 1.807) is 0 Å². The lowest BCUT2D eigenvalue weighted by molar-refractivity contribution is 0.0467. The topological polar surface area (TPSA) is 21.3 Å². The van der Waals surface area contributed by atoms with Crippen molar-refractivity contribution in [1.82, 2.24) is 5.32 Å². The van der Waals surface area contributed by atoms with Crippen molar-refractivity contribution in [1.29, 1.82) is 0 Å². The quantitative estimate of drug-likeness (QED) is 0.779. The van der Waals surface area contributed by atoms with Crippen molar-refractivity contribution in [3.8, 4) is 0 Å². The molecule has 1 rings (SSSR count). The highest BCUT2D eigenvalue weighted by molar-refractivity contribution is 4.91. The second kappa shape index (κ2) is 6.02. The van der Waals surface area contributed by atoms with Gasteiger partial charge in [-0.3, -0.25) is 0 Å². The molecule has 0 radical (unpaired) electrons. The maximum atomic E-state index is 5.95. The van der Waals surface area contributed by atoms with Gasteiger partial charge in [0.25, 0.3) is 0 Å². The summed E-state index contributed by atoms with van der Waals surface area (Å²) >= 11 is 0. The minimum absolute atomic E-state index is 0.396. The van der Waals surface area contributed by atoms with Crippen LogP contribution in [0.1, 0.15) is 48.0 Å². The molecule has 1 heterocycles. The molecule has 0 aromatic heterocycles. The number of rotatable bonds is 5. The molecule has 0 amide bonds. The highest BCUT2D eigenvalue weighted by Crippen LogP contribution is 2.36. The van der Waals surface area contributed by atoms with Gasteiger partial charge in [-0.1, -0.05) is 27.7 Å². The van der Waals surface area contributed by atoms with E-state index in [0.717, 1.165) is 12.5 Å². The first-order valence-corrected chi connectivity index (χ1v) is 6.86. The molecule has 0 aliphatic carbocycles. The maximum absolute atomic E-state index is 5.95. The molecule has 1 aliphatic heterocycles. The summed E-state index contributed by atoms with van der Waals surface area (Å²) < 4.78 is 5.95. The van der Waals surface area contributed by atoms with Crippen LogP contribution in [0.4, 0.5) is 0 Å². The van der Waals surface area contributed by atoms with Crippen LogP contribution < -0.4 is 5.32 Å². The molecule has 0 saturated carbocycles. The summed E-state index contributed by atoms with van der Waals surface area (Å²) in [7, 11) is 0. The molecule has 5 atom stereocenters. The van der Waals surface area contributed by atoms with Crippen molar-refractivity contribution in [3.05, 3.63) is 0 Å². The number of hydrogen-bond donors (Lipinski definition) is 1. The normalized spacial score (nSPS) is 36.9. The van der Waals surface area contributed by atoms with Gasteiger partial charge in [0.05, 0.1) is 12.2 Å². The highest BCUT2D eigenvalue weighted by atomic mass is 16.5. The molecule has 1 fully saturated rings. The molecular formula is C14H29NO. The predicted molar refractivity (Wildman–Crippen MR) is 69.6 cm³/mol. The van der Waals surface area contributed by atoms with Gasteiger partial charge in [0.15, 0.2) is 0 Å². The Kier molecular flexibility index (Phi) is 5.26. The monoisotopic (exact) mass is 227 g/mol. The van der Waals surface area contributed by atoms with E-state index in [1.807, 2.05) is 0 Å². The Bertz CT molecular complexity index is 205. The average molecular weight is 227 g/mol. The van der Waals surface area contributed by atoms with Gasteiger partial charge in [-0.2, -0.15) is 0 Å². The minimum atomic E-state index is 0.396. The summed E-state index contributed by atoms with van der Waals surface area (Å²) in [5.41, 5.74) is 0. The van der Waals surface area contributed by atoms with Gasteiger partial charge in [0.1, 0.15) is 0 Å². The summed E-state index contributed by atoms with van der Waals surface area (Å²) in [6.07, 6.45) is 2.06. The van der Waals surface area contributed by atoms with Crippen LogP contribution in [0.2, 0.25) is 0 Å². The number of hydrogen-bond acceptors (Lipinski definition) is 2. The molecule has 0 aromatic carbocycles. The average Bonchev–Trinajstić information content (AvgIpc) is 2.40. The van der Waals surface area contributed by atoms with E-state index in [0.29, 0.717) is 30.1 Å². The molecule has 96 valence electrons. The summed E-state index contributed by atoms with van der Waals surface area (Å²) in [5, 5.41) is 3.66. The smallest absolute Gasteiger partial charge is 0.0597 e. The first-order valence-electron chi connectivity index (χ1n) is 6.86. The van der Waals surface area contributed by atoms with Gasteiger partial charge >= 0.3 is 0 Å². The lowest BCUT2D eigenvalue weighted by atomic mass is 9.80. The highest BCUT2D eigenvalue weighted by Gasteiger charge is 2.41. The zero-order chi connectivity index (χ0) is 12.3. The molecular weight excluding hydrogens is 198 g/mol. The van der Waals surface area contributed by atoms with Crippen molar-refractivity contribution < 1.29 is 4.74 Å². The minimum Gasteiger partial charge on any atom is -0.375 e. The summed E-state index contributed by atoms with van der Waals surface area (Å²) in [6, 6.07) is 0.611. The second-order valence-electron chi connectivity index (χ2n) is 5.78. The molecule has 2 heteroatoms. The Morgan fingerprint density at radius 3 is 2.12 bits per heavy atom. The largest absolute Gasteiger partial charge is 0.375 e. The third-order valence-electron chi connectivity index (χ3n) is 3.98. The third-order valence-corrected chi connectivity index (χ3v) is 3.98. The molecule has 5 unspecified atom stereocenters. The lowest BCUT2D eigenvalue weighted by Crippen LogP contribution is -2.42. The SMILES string of the molecule is CCNC(CC(C)C)C1C(C)OC(C)C1C. The van der Waals surface area contributed by atoms with Gasteiger partial charge in [-0.05, 0) is 38.6 Å². The van der Waals surface area contributed by atoms with E-state index in [9.17, 15) is 0 Å². The van der Waals surface area contributed by atoms with Gasteiger partial charge in [-0.15, -0.1) is 0 Å². The molecule has 1 aliphatic rings. The maximum Gasteiger partial charge on any atom is 0.0597 e. The van der Waals surface area contributed by atoms with Crippen LogP contribution in [0.5, 0.6) is 0 Å². The van der Waals surface area contributed by atoms with E-state index in [-0.39, 0.29) is 0 Å². The number of nitrogens with one attached hydrogen (secondary N) is 1. The first-order chi connectivity index (χ1) is 7.47. The van der Waals surface area contributed by atoms with E-state index >= 15 is 0 Å². The molecule has 2 nitrogen and oxygen atoms in total. The van der Waals surface area contributed by atoms with Gasteiger partial charge in [0, 0.05) is 12.0 Å². The first kappa shape index (κ1) is 14.0. The van der Waals surface area contributed by atoms with Crippen molar-refractivity contribution in [2.24, 2.45) is 17.8 Å². The van der Waals surface area contributed by atoms with Crippen LogP contribution in [-0.4, -0.2) is 24.8 Å².